The Bertz CT molecular complexity index is 831. The van der Waals surface area contributed by atoms with E-state index < -0.39 is 11.6 Å². The highest BCUT2D eigenvalue weighted by Crippen LogP contribution is 2.30. The Balaban J connectivity index is 1.92. The first-order valence-corrected chi connectivity index (χ1v) is 7.51. The number of halogens is 2. The second kappa shape index (κ2) is 5.21. The fourth-order valence-electron chi connectivity index (χ4n) is 3.24. The number of nitrogens with zero attached hydrogens (tertiary/aromatic N) is 1. The highest BCUT2D eigenvalue weighted by molar-refractivity contribution is 5.86. The summed E-state index contributed by atoms with van der Waals surface area (Å²) < 4.78 is 30.3. The van der Waals surface area contributed by atoms with Gasteiger partial charge in [-0.15, -0.1) is 0 Å². The van der Waals surface area contributed by atoms with Gasteiger partial charge in [-0.2, -0.15) is 0 Å². The maximum Gasteiger partial charge on any atom is 0.133 e. The molecule has 0 unspecified atom stereocenters. The van der Waals surface area contributed by atoms with Crippen molar-refractivity contribution in [2.45, 2.75) is 13.0 Å². The summed E-state index contributed by atoms with van der Waals surface area (Å²) in [4.78, 5) is 0. The molecule has 0 atom stereocenters. The number of hydrogen-bond donors (Lipinski definition) is 1. The molecule has 0 saturated heterocycles. The van der Waals surface area contributed by atoms with Gasteiger partial charge in [0.15, 0.2) is 0 Å². The summed E-state index contributed by atoms with van der Waals surface area (Å²) in [6, 6.07) is 11.8. The molecule has 0 saturated carbocycles. The molecule has 22 heavy (non-hydrogen) atoms. The van der Waals surface area contributed by atoms with Gasteiger partial charge in [0, 0.05) is 37.3 Å². The van der Waals surface area contributed by atoms with Crippen molar-refractivity contribution < 1.29 is 8.78 Å². The van der Waals surface area contributed by atoms with Crippen LogP contribution in [0, 0.1) is 11.6 Å². The largest absolute Gasteiger partial charge is 0.343 e. The molecule has 4 rings (SSSR count). The summed E-state index contributed by atoms with van der Waals surface area (Å²) in [7, 11) is 0. The zero-order valence-corrected chi connectivity index (χ0v) is 12.1. The van der Waals surface area contributed by atoms with Crippen LogP contribution >= 0.6 is 0 Å². The van der Waals surface area contributed by atoms with Crippen molar-refractivity contribution in [3.8, 4) is 11.1 Å². The quantitative estimate of drug-likeness (QED) is 0.724. The van der Waals surface area contributed by atoms with E-state index in [4.69, 9.17) is 0 Å². The van der Waals surface area contributed by atoms with Crippen LogP contribution in [-0.4, -0.2) is 17.7 Å². The fraction of sp³-hybridized carbons (Fsp3) is 0.222. The molecule has 2 aromatic carbocycles. The van der Waals surface area contributed by atoms with E-state index >= 15 is 0 Å². The van der Waals surface area contributed by atoms with E-state index in [1.807, 2.05) is 12.1 Å². The van der Waals surface area contributed by atoms with E-state index in [1.165, 1.54) is 23.9 Å². The molecule has 1 aliphatic rings. The molecule has 0 spiro atoms. The van der Waals surface area contributed by atoms with Crippen LogP contribution in [0.5, 0.6) is 0 Å². The third kappa shape index (κ3) is 2.11. The molecule has 4 heteroatoms. The Morgan fingerprint density at radius 1 is 0.955 bits per heavy atom. The van der Waals surface area contributed by atoms with Crippen LogP contribution in [-0.2, 0) is 13.0 Å². The highest BCUT2D eigenvalue weighted by atomic mass is 19.1. The van der Waals surface area contributed by atoms with Gasteiger partial charge in [-0.1, -0.05) is 18.2 Å². The Hall–Kier alpha value is -2.20. The molecular formula is C18H16F2N2. The average Bonchev–Trinajstić information content (AvgIpc) is 2.68. The number of rotatable bonds is 1. The summed E-state index contributed by atoms with van der Waals surface area (Å²) in [5.41, 5.74) is 2.94. The SMILES string of the molecule is Fc1cccc(F)c1-c1ccc2cc3n(c2c1)CCNCC3. The zero-order chi connectivity index (χ0) is 15.1. The molecule has 3 aromatic rings. The first kappa shape index (κ1) is 13.5. The second-order valence-corrected chi connectivity index (χ2v) is 5.66. The smallest absolute Gasteiger partial charge is 0.133 e. The van der Waals surface area contributed by atoms with Crippen LogP contribution < -0.4 is 5.32 Å². The zero-order valence-electron chi connectivity index (χ0n) is 12.1. The molecule has 0 bridgehead atoms. The Morgan fingerprint density at radius 2 is 1.77 bits per heavy atom. The molecule has 112 valence electrons. The summed E-state index contributed by atoms with van der Waals surface area (Å²) >= 11 is 0. The maximum absolute atomic E-state index is 14.0. The molecule has 0 radical (unpaired) electrons. The molecule has 0 fully saturated rings. The van der Waals surface area contributed by atoms with Gasteiger partial charge < -0.3 is 9.88 Å². The number of aromatic nitrogens is 1. The van der Waals surface area contributed by atoms with Gasteiger partial charge in [-0.3, -0.25) is 0 Å². The van der Waals surface area contributed by atoms with Crippen molar-refractivity contribution in [1.29, 1.82) is 0 Å². The van der Waals surface area contributed by atoms with E-state index in [9.17, 15) is 8.78 Å². The van der Waals surface area contributed by atoms with E-state index in [1.54, 1.807) is 6.07 Å². The lowest BCUT2D eigenvalue weighted by atomic mass is 10.0. The van der Waals surface area contributed by atoms with Crippen LogP contribution in [0.1, 0.15) is 5.69 Å². The second-order valence-electron chi connectivity index (χ2n) is 5.66. The Kier molecular flexibility index (Phi) is 3.19. The lowest BCUT2D eigenvalue weighted by Gasteiger charge is -2.09. The predicted molar refractivity (Wildman–Crippen MR) is 83.9 cm³/mol. The predicted octanol–water partition coefficient (Wildman–Crippen LogP) is 3.73. The summed E-state index contributed by atoms with van der Waals surface area (Å²) in [6.07, 6.45) is 0.970. The van der Waals surface area contributed by atoms with Crippen LogP contribution in [0.15, 0.2) is 42.5 Å². The normalized spacial score (nSPS) is 14.8. The molecule has 1 aliphatic heterocycles. The average molecular weight is 298 g/mol. The van der Waals surface area contributed by atoms with Crippen molar-refractivity contribution in [3.05, 3.63) is 59.8 Å². The van der Waals surface area contributed by atoms with Gasteiger partial charge in [0.05, 0.1) is 5.56 Å². The topological polar surface area (TPSA) is 17.0 Å². The highest BCUT2D eigenvalue weighted by Gasteiger charge is 2.15. The summed E-state index contributed by atoms with van der Waals surface area (Å²) in [5.74, 6) is -1.05. The first-order valence-electron chi connectivity index (χ1n) is 7.51. The standard InChI is InChI=1S/C18H16F2N2/c19-15-2-1-3-16(20)18(15)13-5-4-12-10-14-6-7-21-8-9-22(14)17(12)11-13/h1-5,10-11,21H,6-9H2. The van der Waals surface area contributed by atoms with Crippen LogP contribution in [0.25, 0.3) is 22.0 Å². The van der Waals surface area contributed by atoms with Gasteiger partial charge in [0.1, 0.15) is 11.6 Å². The Morgan fingerprint density at radius 3 is 2.59 bits per heavy atom. The van der Waals surface area contributed by atoms with E-state index in [2.05, 4.69) is 16.0 Å². The molecule has 0 amide bonds. The monoisotopic (exact) mass is 298 g/mol. The number of nitrogens with one attached hydrogen (secondary N) is 1. The van der Waals surface area contributed by atoms with E-state index in [0.29, 0.717) is 5.56 Å². The number of hydrogen-bond acceptors (Lipinski definition) is 1. The van der Waals surface area contributed by atoms with Crippen molar-refractivity contribution in [1.82, 2.24) is 9.88 Å². The maximum atomic E-state index is 14.0. The first-order chi connectivity index (χ1) is 10.7. The van der Waals surface area contributed by atoms with Crippen LogP contribution in [0.2, 0.25) is 0 Å². The minimum absolute atomic E-state index is 0.0479. The van der Waals surface area contributed by atoms with Crippen molar-refractivity contribution in [3.63, 3.8) is 0 Å². The van der Waals surface area contributed by atoms with Gasteiger partial charge in [-0.05, 0) is 35.2 Å². The minimum atomic E-state index is -0.524. The van der Waals surface area contributed by atoms with Gasteiger partial charge in [0.2, 0.25) is 0 Å². The van der Waals surface area contributed by atoms with Gasteiger partial charge in [-0.25, -0.2) is 8.78 Å². The van der Waals surface area contributed by atoms with Crippen molar-refractivity contribution in [2.75, 3.05) is 13.1 Å². The van der Waals surface area contributed by atoms with Crippen LogP contribution in [0.4, 0.5) is 8.78 Å². The fourth-order valence-corrected chi connectivity index (χ4v) is 3.24. The lowest BCUT2D eigenvalue weighted by molar-refractivity contribution is 0.589. The molecule has 1 N–H and O–H groups in total. The minimum Gasteiger partial charge on any atom is -0.343 e. The lowest BCUT2D eigenvalue weighted by Crippen LogP contribution is -2.17. The molecule has 1 aromatic heterocycles. The van der Waals surface area contributed by atoms with E-state index in [0.717, 1.165) is 37.0 Å². The van der Waals surface area contributed by atoms with Crippen molar-refractivity contribution in [2.24, 2.45) is 0 Å². The van der Waals surface area contributed by atoms with Gasteiger partial charge >= 0.3 is 0 Å². The molecule has 2 heterocycles. The van der Waals surface area contributed by atoms with Crippen LogP contribution in [0.3, 0.4) is 0 Å². The molecule has 2 nitrogen and oxygen atoms in total. The summed E-state index contributed by atoms with van der Waals surface area (Å²) in [5, 5.41) is 4.49. The van der Waals surface area contributed by atoms with Crippen molar-refractivity contribution >= 4 is 10.9 Å². The third-order valence-corrected chi connectivity index (χ3v) is 4.31. The van der Waals surface area contributed by atoms with Gasteiger partial charge in [0.25, 0.3) is 0 Å². The van der Waals surface area contributed by atoms with E-state index in [-0.39, 0.29) is 5.56 Å². The molecular weight excluding hydrogens is 282 g/mol. The Labute approximate surface area is 127 Å². The summed E-state index contributed by atoms with van der Waals surface area (Å²) in [6.45, 7) is 2.75. The molecule has 0 aliphatic carbocycles. The third-order valence-electron chi connectivity index (χ3n) is 4.31. The number of fused-ring (bicyclic) bond motifs is 3. The number of benzene rings is 2.